The topological polar surface area (TPSA) is 40.5 Å². The molecule has 3 nitrogen and oxygen atoms in total. The number of amides is 1. The van der Waals surface area contributed by atoms with Crippen molar-refractivity contribution in [3.8, 4) is 0 Å². The van der Waals surface area contributed by atoms with Gasteiger partial charge in [0.05, 0.1) is 6.54 Å². The SMILES string of the molecule is CCC(C)(C)C(=O)N(O)Cc1ccsc1. The van der Waals surface area contributed by atoms with Crippen LogP contribution >= 0.6 is 11.3 Å². The minimum atomic E-state index is -0.495. The highest BCUT2D eigenvalue weighted by molar-refractivity contribution is 7.07. The molecule has 1 rings (SSSR count). The van der Waals surface area contributed by atoms with Gasteiger partial charge in [0.15, 0.2) is 0 Å². The number of thiophene rings is 1. The molecule has 0 atom stereocenters. The van der Waals surface area contributed by atoms with Crippen molar-refractivity contribution in [3.05, 3.63) is 22.4 Å². The van der Waals surface area contributed by atoms with Crippen LogP contribution in [0.4, 0.5) is 0 Å². The summed E-state index contributed by atoms with van der Waals surface area (Å²) in [6, 6.07) is 1.90. The lowest BCUT2D eigenvalue weighted by Crippen LogP contribution is -2.38. The van der Waals surface area contributed by atoms with E-state index in [-0.39, 0.29) is 12.5 Å². The van der Waals surface area contributed by atoms with Crippen LogP contribution in [0.25, 0.3) is 0 Å². The van der Waals surface area contributed by atoms with Crippen molar-refractivity contribution in [2.24, 2.45) is 5.41 Å². The van der Waals surface area contributed by atoms with Crippen molar-refractivity contribution in [2.45, 2.75) is 33.7 Å². The van der Waals surface area contributed by atoms with Crippen molar-refractivity contribution >= 4 is 17.2 Å². The van der Waals surface area contributed by atoms with Gasteiger partial charge in [-0.1, -0.05) is 20.8 Å². The third-order valence-electron chi connectivity index (χ3n) is 2.61. The Morgan fingerprint density at radius 1 is 1.60 bits per heavy atom. The fourth-order valence-electron chi connectivity index (χ4n) is 1.13. The molecule has 0 bridgehead atoms. The van der Waals surface area contributed by atoms with E-state index >= 15 is 0 Å². The molecule has 15 heavy (non-hydrogen) atoms. The maximum Gasteiger partial charge on any atom is 0.251 e. The van der Waals surface area contributed by atoms with E-state index in [1.54, 1.807) is 11.3 Å². The molecule has 0 fully saturated rings. The van der Waals surface area contributed by atoms with Gasteiger partial charge in [-0.2, -0.15) is 11.3 Å². The first-order chi connectivity index (χ1) is 6.97. The van der Waals surface area contributed by atoms with Gasteiger partial charge in [-0.05, 0) is 28.8 Å². The lowest BCUT2D eigenvalue weighted by Gasteiger charge is -2.26. The van der Waals surface area contributed by atoms with E-state index < -0.39 is 5.41 Å². The highest BCUT2D eigenvalue weighted by atomic mass is 32.1. The van der Waals surface area contributed by atoms with Gasteiger partial charge >= 0.3 is 0 Å². The maximum absolute atomic E-state index is 11.8. The minimum absolute atomic E-state index is 0.226. The Bertz CT molecular complexity index is 319. The molecule has 1 aromatic heterocycles. The van der Waals surface area contributed by atoms with Gasteiger partial charge in [0.25, 0.3) is 5.91 Å². The molecule has 4 heteroatoms. The average Bonchev–Trinajstić information content (AvgIpc) is 2.69. The number of carbonyl (C=O) groups is 1. The summed E-state index contributed by atoms with van der Waals surface area (Å²) in [5.41, 5.74) is 0.466. The monoisotopic (exact) mass is 227 g/mol. The molecule has 1 heterocycles. The van der Waals surface area contributed by atoms with Gasteiger partial charge in [0.1, 0.15) is 0 Å². The number of rotatable bonds is 4. The van der Waals surface area contributed by atoms with Crippen molar-refractivity contribution in [2.75, 3.05) is 0 Å². The van der Waals surface area contributed by atoms with E-state index in [0.29, 0.717) is 6.42 Å². The van der Waals surface area contributed by atoms with Crippen LogP contribution in [-0.2, 0) is 11.3 Å². The van der Waals surface area contributed by atoms with Crippen LogP contribution in [0.3, 0.4) is 0 Å². The van der Waals surface area contributed by atoms with Crippen LogP contribution in [0, 0.1) is 5.41 Å². The predicted octanol–water partition coefficient (Wildman–Crippen LogP) is 2.90. The molecule has 0 saturated heterocycles. The Labute approximate surface area is 94.3 Å². The lowest BCUT2D eigenvalue weighted by atomic mass is 9.89. The second kappa shape index (κ2) is 4.77. The smallest absolute Gasteiger partial charge is 0.251 e. The summed E-state index contributed by atoms with van der Waals surface area (Å²) in [6.07, 6.45) is 0.715. The molecule has 0 aliphatic rings. The molecule has 1 aromatic rings. The second-order valence-electron chi connectivity index (χ2n) is 4.23. The third kappa shape index (κ3) is 3.04. The molecule has 0 unspecified atom stereocenters. The van der Waals surface area contributed by atoms with E-state index in [2.05, 4.69) is 0 Å². The van der Waals surface area contributed by atoms with Crippen LogP contribution in [0.5, 0.6) is 0 Å². The Kier molecular flexibility index (Phi) is 3.88. The van der Waals surface area contributed by atoms with Gasteiger partial charge in [0, 0.05) is 5.41 Å². The molecule has 0 aliphatic heterocycles. The summed E-state index contributed by atoms with van der Waals surface area (Å²) in [7, 11) is 0. The Morgan fingerprint density at radius 2 is 2.27 bits per heavy atom. The molecule has 1 amide bonds. The quantitative estimate of drug-likeness (QED) is 0.634. The molecule has 0 radical (unpaired) electrons. The summed E-state index contributed by atoms with van der Waals surface area (Å²) in [4.78, 5) is 11.8. The van der Waals surface area contributed by atoms with Gasteiger partial charge < -0.3 is 0 Å². The summed E-state index contributed by atoms with van der Waals surface area (Å²) >= 11 is 1.56. The van der Waals surface area contributed by atoms with Crippen LogP contribution in [-0.4, -0.2) is 16.2 Å². The highest BCUT2D eigenvalue weighted by Gasteiger charge is 2.29. The van der Waals surface area contributed by atoms with Crippen LogP contribution in [0.15, 0.2) is 16.8 Å². The molecule has 0 saturated carbocycles. The fraction of sp³-hybridized carbons (Fsp3) is 0.545. The normalized spacial score (nSPS) is 11.5. The molecule has 1 N–H and O–H groups in total. The summed E-state index contributed by atoms with van der Waals surface area (Å²) in [6.45, 7) is 5.89. The first-order valence-corrected chi connectivity index (χ1v) is 5.93. The Morgan fingerprint density at radius 3 is 2.73 bits per heavy atom. The fourth-order valence-corrected chi connectivity index (χ4v) is 1.79. The number of hydrogen-bond donors (Lipinski definition) is 1. The largest absolute Gasteiger partial charge is 0.286 e. The standard InChI is InChI=1S/C11H17NO2S/c1-4-11(2,3)10(13)12(14)7-9-5-6-15-8-9/h5-6,8,14H,4,7H2,1-3H3. The molecule has 0 spiro atoms. The summed E-state index contributed by atoms with van der Waals surface area (Å²) in [5, 5.41) is 14.3. The molecular weight excluding hydrogens is 210 g/mol. The van der Waals surface area contributed by atoms with Crippen LogP contribution in [0.2, 0.25) is 0 Å². The zero-order chi connectivity index (χ0) is 11.5. The van der Waals surface area contributed by atoms with Crippen LogP contribution < -0.4 is 0 Å². The van der Waals surface area contributed by atoms with Gasteiger partial charge in [0.2, 0.25) is 0 Å². The van der Waals surface area contributed by atoms with E-state index in [9.17, 15) is 10.0 Å². The van der Waals surface area contributed by atoms with Crippen molar-refractivity contribution in [3.63, 3.8) is 0 Å². The number of carbonyl (C=O) groups excluding carboxylic acids is 1. The van der Waals surface area contributed by atoms with Crippen LogP contribution in [0.1, 0.15) is 32.8 Å². The number of hydrogen-bond acceptors (Lipinski definition) is 3. The van der Waals surface area contributed by atoms with Gasteiger partial charge in [-0.25, -0.2) is 5.06 Å². The van der Waals surface area contributed by atoms with E-state index in [4.69, 9.17) is 0 Å². The van der Waals surface area contributed by atoms with E-state index in [0.717, 1.165) is 10.6 Å². The first-order valence-electron chi connectivity index (χ1n) is 4.99. The maximum atomic E-state index is 11.8. The molecule has 0 aromatic carbocycles. The second-order valence-corrected chi connectivity index (χ2v) is 5.01. The van der Waals surface area contributed by atoms with Crippen molar-refractivity contribution in [1.29, 1.82) is 0 Å². The zero-order valence-electron chi connectivity index (χ0n) is 9.36. The molecular formula is C11H17NO2S. The Balaban J connectivity index is 2.61. The Hall–Kier alpha value is -0.870. The average molecular weight is 227 g/mol. The molecule has 0 aliphatic carbocycles. The number of hydroxylamine groups is 2. The van der Waals surface area contributed by atoms with Crippen molar-refractivity contribution in [1.82, 2.24) is 5.06 Å². The van der Waals surface area contributed by atoms with E-state index in [1.165, 1.54) is 0 Å². The summed E-state index contributed by atoms with van der Waals surface area (Å²) < 4.78 is 0. The highest BCUT2D eigenvalue weighted by Crippen LogP contribution is 2.23. The van der Waals surface area contributed by atoms with Gasteiger partial charge in [-0.15, -0.1) is 0 Å². The number of nitrogens with zero attached hydrogens (tertiary/aromatic N) is 1. The van der Waals surface area contributed by atoms with Crippen molar-refractivity contribution < 1.29 is 10.0 Å². The third-order valence-corrected chi connectivity index (χ3v) is 3.34. The predicted molar refractivity (Wildman–Crippen MR) is 60.7 cm³/mol. The lowest BCUT2D eigenvalue weighted by molar-refractivity contribution is -0.178. The van der Waals surface area contributed by atoms with Gasteiger partial charge in [-0.3, -0.25) is 10.0 Å². The first kappa shape index (κ1) is 12.2. The summed E-state index contributed by atoms with van der Waals surface area (Å²) in [5.74, 6) is -0.226. The zero-order valence-corrected chi connectivity index (χ0v) is 10.2. The minimum Gasteiger partial charge on any atom is -0.286 e. The van der Waals surface area contributed by atoms with E-state index in [1.807, 2.05) is 37.6 Å². The molecule has 84 valence electrons.